The van der Waals surface area contributed by atoms with Crippen LogP contribution in [0.5, 0.6) is 0 Å². The fourth-order valence-electron chi connectivity index (χ4n) is 2.73. The van der Waals surface area contributed by atoms with Gasteiger partial charge in [-0.25, -0.2) is 4.39 Å². The van der Waals surface area contributed by atoms with Crippen molar-refractivity contribution < 1.29 is 9.18 Å². The highest BCUT2D eigenvalue weighted by molar-refractivity contribution is 5.97. The first-order chi connectivity index (χ1) is 9.71. The normalized spacial score (nSPS) is 18.6. The lowest BCUT2D eigenvalue weighted by molar-refractivity contribution is 0.0943. The van der Waals surface area contributed by atoms with E-state index in [1.807, 2.05) is 0 Å². The number of amides is 1. The van der Waals surface area contributed by atoms with E-state index < -0.39 is 5.82 Å². The van der Waals surface area contributed by atoms with Gasteiger partial charge < -0.3 is 11.1 Å². The highest BCUT2D eigenvalue weighted by Gasteiger charge is 2.65. The van der Waals surface area contributed by atoms with Gasteiger partial charge in [-0.2, -0.15) is 0 Å². The third kappa shape index (κ3) is 2.66. The van der Waals surface area contributed by atoms with Gasteiger partial charge in [0, 0.05) is 11.6 Å². The van der Waals surface area contributed by atoms with Crippen molar-refractivity contribution in [2.75, 3.05) is 6.54 Å². The van der Waals surface area contributed by atoms with Gasteiger partial charge in [0.05, 0.1) is 12.1 Å². The van der Waals surface area contributed by atoms with Gasteiger partial charge in [-0.1, -0.05) is 39.5 Å². The molecule has 1 aliphatic rings. The topological polar surface area (TPSA) is 55.1 Å². The summed E-state index contributed by atoms with van der Waals surface area (Å²) in [5.74, 6) is 4.77. The van der Waals surface area contributed by atoms with E-state index >= 15 is 0 Å². The number of benzene rings is 1. The number of rotatable bonds is 2. The van der Waals surface area contributed by atoms with E-state index in [0.29, 0.717) is 11.1 Å². The lowest BCUT2D eigenvalue weighted by Crippen LogP contribution is -2.30. The number of hydrogen-bond donors (Lipinski definition) is 2. The summed E-state index contributed by atoms with van der Waals surface area (Å²) in [5, 5.41) is 3.03. The first kappa shape index (κ1) is 15.5. The monoisotopic (exact) mass is 288 g/mol. The molecule has 3 N–H and O–H groups in total. The Bertz CT molecular complexity index is 624. The maximum Gasteiger partial charge on any atom is 0.252 e. The van der Waals surface area contributed by atoms with Crippen molar-refractivity contribution >= 4 is 5.91 Å². The molecular weight excluding hydrogens is 267 g/mol. The molecule has 3 nitrogen and oxygen atoms in total. The first-order valence-corrected chi connectivity index (χ1v) is 7.01. The summed E-state index contributed by atoms with van der Waals surface area (Å²) < 4.78 is 13.3. The smallest absolute Gasteiger partial charge is 0.252 e. The van der Waals surface area contributed by atoms with E-state index in [1.54, 1.807) is 0 Å². The van der Waals surface area contributed by atoms with Gasteiger partial charge in [-0.3, -0.25) is 4.79 Å². The van der Waals surface area contributed by atoms with Crippen LogP contribution in [0.25, 0.3) is 0 Å². The molecule has 1 aromatic carbocycles. The van der Waals surface area contributed by atoms with Crippen LogP contribution in [0.1, 0.15) is 43.6 Å². The molecule has 0 heterocycles. The molecule has 0 bridgehead atoms. The zero-order valence-electron chi connectivity index (χ0n) is 12.9. The molecule has 1 amide bonds. The number of carbonyl (C=O) groups excluding carboxylic acids is 1. The fourth-order valence-corrected chi connectivity index (χ4v) is 2.73. The van der Waals surface area contributed by atoms with Crippen molar-refractivity contribution in [1.82, 2.24) is 5.32 Å². The van der Waals surface area contributed by atoms with E-state index in [-0.39, 0.29) is 29.3 Å². The van der Waals surface area contributed by atoms with Crippen LogP contribution in [-0.2, 0) is 0 Å². The molecule has 0 unspecified atom stereocenters. The van der Waals surface area contributed by atoms with E-state index in [4.69, 9.17) is 5.73 Å². The van der Waals surface area contributed by atoms with Gasteiger partial charge in [-0.05, 0) is 29.0 Å². The van der Waals surface area contributed by atoms with Crippen LogP contribution in [0, 0.1) is 28.5 Å². The van der Waals surface area contributed by atoms with Crippen LogP contribution in [0.15, 0.2) is 18.2 Å². The maximum atomic E-state index is 13.3. The molecule has 0 aliphatic heterocycles. The van der Waals surface area contributed by atoms with Crippen LogP contribution in [-0.4, -0.2) is 18.5 Å². The minimum Gasteiger partial charge on any atom is -0.348 e. The molecule has 0 atom stereocenters. The fraction of sp³-hybridized carbons (Fsp3) is 0.471. The molecule has 1 saturated carbocycles. The lowest BCUT2D eigenvalue weighted by atomic mass is 10.0. The van der Waals surface area contributed by atoms with Crippen LogP contribution in [0.4, 0.5) is 4.39 Å². The SMILES string of the molecule is CC1(C)C(NC(=O)c2ccc(F)cc2C#CCN)C1(C)C. The summed E-state index contributed by atoms with van der Waals surface area (Å²) in [5.41, 5.74) is 6.18. The summed E-state index contributed by atoms with van der Waals surface area (Å²) in [6.45, 7) is 8.66. The Balaban J connectivity index is 2.25. The molecular formula is C17H21FN2O. The van der Waals surface area contributed by atoms with Crippen molar-refractivity contribution in [1.29, 1.82) is 0 Å². The first-order valence-electron chi connectivity index (χ1n) is 7.01. The number of nitrogens with one attached hydrogen (secondary N) is 1. The second-order valence-corrected chi connectivity index (χ2v) is 6.55. The largest absolute Gasteiger partial charge is 0.348 e. The third-order valence-corrected chi connectivity index (χ3v) is 4.85. The summed E-state index contributed by atoms with van der Waals surface area (Å²) >= 11 is 0. The minimum absolute atomic E-state index is 0.0474. The Morgan fingerprint density at radius 2 is 1.95 bits per heavy atom. The summed E-state index contributed by atoms with van der Waals surface area (Å²) in [6.07, 6.45) is 0. The number of hydrogen-bond acceptors (Lipinski definition) is 2. The minimum atomic E-state index is -0.417. The van der Waals surface area contributed by atoms with E-state index in [1.165, 1.54) is 18.2 Å². The molecule has 0 radical (unpaired) electrons. The second-order valence-electron chi connectivity index (χ2n) is 6.55. The van der Waals surface area contributed by atoms with Crippen LogP contribution < -0.4 is 11.1 Å². The molecule has 0 spiro atoms. The zero-order valence-corrected chi connectivity index (χ0v) is 12.9. The Morgan fingerprint density at radius 1 is 1.33 bits per heavy atom. The average Bonchev–Trinajstić information content (AvgIpc) is 2.78. The van der Waals surface area contributed by atoms with Gasteiger partial charge in [-0.15, -0.1) is 0 Å². The molecule has 4 heteroatoms. The predicted octanol–water partition coefficient (Wildman–Crippen LogP) is 2.30. The van der Waals surface area contributed by atoms with Gasteiger partial charge >= 0.3 is 0 Å². The predicted molar refractivity (Wildman–Crippen MR) is 81.1 cm³/mol. The quantitative estimate of drug-likeness (QED) is 0.820. The van der Waals surface area contributed by atoms with Crippen molar-refractivity contribution in [2.45, 2.75) is 33.7 Å². The third-order valence-electron chi connectivity index (χ3n) is 4.85. The summed E-state index contributed by atoms with van der Waals surface area (Å²) in [7, 11) is 0. The Labute approximate surface area is 125 Å². The molecule has 0 aromatic heterocycles. The summed E-state index contributed by atoms with van der Waals surface area (Å²) in [6, 6.07) is 4.10. The number of nitrogens with two attached hydrogens (primary N) is 1. The lowest BCUT2D eigenvalue weighted by Gasteiger charge is -2.09. The zero-order chi connectivity index (χ0) is 15.8. The van der Waals surface area contributed by atoms with Gasteiger partial charge in [0.25, 0.3) is 5.91 Å². The Morgan fingerprint density at radius 3 is 2.48 bits per heavy atom. The van der Waals surface area contributed by atoms with Crippen LogP contribution in [0.2, 0.25) is 0 Å². The van der Waals surface area contributed by atoms with Crippen molar-refractivity contribution in [2.24, 2.45) is 16.6 Å². The van der Waals surface area contributed by atoms with Crippen molar-refractivity contribution in [3.05, 3.63) is 35.1 Å². The molecule has 1 fully saturated rings. The molecule has 1 aliphatic carbocycles. The van der Waals surface area contributed by atoms with E-state index in [2.05, 4.69) is 44.9 Å². The van der Waals surface area contributed by atoms with Gasteiger partial charge in [0.1, 0.15) is 5.82 Å². The van der Waals surface area contributed by atoms with Crippen LogP contribution in [0.3, 0.4) is 0 Å². The summed E-state index contributed by atoms with van der Waals surface area (Å²) in [4.78, 5) is 12.4. The van der Waals surface area contributed by atoms with Crippen LogP contribution >= 0.6 is 0 Å². The Hall–Kier alpha value is -1.86. The van der Waals surface area contributed by atoms with Crippen molar-refractivity contribution in [3.8, 4) is 11.8 Å². The highest BCUT2D eigenvalue weighted by Crippen LogP contribution is 2.62. The van der Waals surface area contributed by atoms with Gasteiger partial charge in [0.2, 0.25) is 0 Å². The standard InChI is InChI=1S/C17H21FN2O/c1-16(2)15(17(16,3)4)20-14(21)13-8-7-12(18)10-11(13)6-5-9-19/h7-8,10,15H,9,19H2,1-4H3,(H,20,21). The maximum absolute atomic E-state index is 13.3. The number of halogens is 1. The molecule has 2 rings (SSSR count). The van der Waals surface area contributed by atoms with E-state index in [9.17, 15) is 9.18 Å². The second kappa shape index (κ2) is 5.16. The van der Waals surface area contributed by atoms with E-state index in [0.717, 1.165) is 0 Å². The Kier molecular flexibility index (Phi) is 3.81. The van der Waals surface area contributed by atoms with Crippen molar-refractivity contribution in [3.63, 3.8) is 0 Å². The molecule has 0 saturated heterocycles. The van der Waals surface area contributed by atoms with Gasteiger partial charge in [0.15, 0.2) is 0 Å². The molecule has 1 aromatic rings. The highest BCUT2D eigenvalue weighted by atomic mass is 19.1. The molecule has 21 heavy (non-hydrogen) atoms. The molecule has 112 valence electrons. The number of carbonyl (C=O) groups is 1. The average molecular weight is 288 g/mol.